The largest absolute Gasteiger partial charge is 0.484 e. The highest BCUT2D eigenvalue weighted by atomic mass is 16.5. The van der Waals surface area contributed by atoms with Gasteiger partial charge in [-0.25, -0.2) is 0 Å². The minimum absolute atomic E-state index is 0.103. The van der Waals surface area contributed by atoms with Crippen molar-refractivity contribution in [2.45, 2.75) is 20.4 Å². The maximum Gasteiger partial charge on any atom is 0.300 e. The second-order valence-corrected chi connectivity index (χ2v) is 7.19. The molecule has 188 valence electrons. The number of amides is 3. The van der Waals surface area contributed by atoms with E-state index in [1.54, 1.807) is 31.2 Å². The van der Waals surface area contributed by atoms with Crippen molar-refractivity contribution in [3.05, 3.63) is 58.7 Å². The van der Waals surface area contributed by atoms with Crippen LogP contribution in [0, 0.1) is 12.3 Å². The Morgan fingerprint density at radius 3 is 2.23 bits per heavy atom. The molecule has 12 heteroatoms. The maximum absolute atomic E-state index is 12.6. The number of amidine groups is 1. The molecule has 8 N–H and O–H groups in total. The molecule has 0 aliphatic heterocycles. The second kappa shape index (κ2) is 13.8. The van der Waals surface area contributed by atoms with E-state index < -0.39 is 11.9 Å². The molecule has 0 bridgehead atoms. The summed E-state index contributed by atoms with van der Waals surface area (Å²) >= 11 is 0. The minimum atomic E-state index is -0.833. The first-order valence-electron chi connectivity index (χ1n) is 10.2. The molecule has 2 aromatic rings. The number of hydrogen-bond acceptors (Lipinski definition) is 7. The Morgan fingerprint density at radius 2 is 1.66 bits per heavy atom. The van der Waals surface area contributed by atoms with Crippen molar-refractivity contribution < 1.29 is 33.8 Å². The molecule has 0 aliphatic carbocycles. The highest BCUT2D eigenvalue weighted by Gasteiger charge is 2.13. The number of benzene rings is 2. The zero-order valence-corrected chi connectivity index (χ0v) is 19.6. The monoisotopic (exact) mass is 487 g/mol. The van der Waals surface area contributed by atoms with E-state index >= 15 is 0 Å². The Bertz CT molecular complexity index is 1100. The van der Waals surface area contributed by atoms with Crippen LogP contribution in [0.5, 0.6) is 11.5 Å². The number of aliphatic carboxylic acids is 1. The summed E-state index contributed by atoms with van der Waals surface area (Å²) < 4.78 is 10.8. The SMILES string of the molecule is CC(=O)O.CNC(=O)COc1cc(C(=N)N)ccc1CNC(=O)c1cc(C)cc(OCC(N)=O)c1. The van der Waals surface area contributed by atoms with Crippen molar-refractivity contribution in [1.82, 2.24) is 10.6 Å². The van der Waals surface area contributed by atoms with E-state index in [0.717, 1.165) is 12.5 Å². The second-order valence-electron chi connectivity index (χ2n) is 7.19. The molecule has 35 heavy (non-hydrogen) atoms. The lowest BCUT2D eigenvalue weighted by Crippen LogP contribution is -2.26. The number of ether oxygens (including phenoxy) is 2. The van der Waals surface area contributed by atoms with E-state index in [-0.39, 0.29) is 37.4 Å². The Morgan fingerprint density at radius 1 is 1.00 bits per heavy atom. The topological polar surface area (TPSA) is 207 Å². The van der Waals surface area contributed by atoms with Gasteiger partial charge in [-0.05, 0) is 36.8 Å². The molecular weight excluding hydrogens is 458 g/mol. The zero-order chi connectivity index (χ0) is 26.5. The minimum Gasteiger partial charge on any atom is -0.484 e. The molecule has 12 nitrogen and oxygen atoms in total. The predicted molar refractivity (Wildman–Crippen MR) is 127 cm³/mol. The molecule has 0 aliphatic rings. The lowest BCUT2D eigenvalue weighted by Gasteiger charge is -2.14. The fraction of sp³-hybridized carbons (Fsp3) is 0.261. The predicted octanol–water partition coefficient (Wildman–Crippen LogP) is 0.289. The third kappa shape index (κ3) is 10.7. The van der Waals surface area contributed by atoms with Gasteiger partial charge in [0.05, 0.1) is 0 Å². The number of carboxylic acids is 1. The molecule has 0 spiro atoms. The standard InChI is InChI=1S/C21H25N5O5.C2H4O2/c1-12-5-15(7-16(6-12)30-10-18(22)27)21(29)26-9-14-4-3-13(20(23)24)8-17(14)31-11-19(28)25-2;1-2(3)4/h3-8H,9-11H2,1-2H3,(H2,22,27)(H3,23,24)(H,25,28)(H,26,29);1H3,(H,3,4). The lowest BCUT2D eigenvalue weighted by atomic mass is 10.1. The Labute approximate surface area is 202 Å². The number of primary amides is 1. The highest BCUT2D eigenvalue weighted by Crippen LogP contribution is 2.21. The molecule has 0 saturated carbocycles. The molecule has 0 saturated heterocycles. The van der Waals surface area contributed by atoms with Crippen LogP contribution >= 0.6 is 0 Å². The van der Waals surface area contributed by atoms with Gasteiger partial charge in [0.25, 0.3) is 23.7 Å². The Balaban J connectivity index is 0.00000142. The van der Waals surface area contributed by atoms with Gasteiger partial charge in [-0.15, -0.1) is 0 Å². The number of nitrogens with two attached hydrogens (primary N) is 2. The molecular formula is C23H29N5O7. The summed E-state index contributed by atoms with van der Waals surface area (Å²) in [6.07, 6.45) is 0. The summed E-state index contributed by atoms with van der Waals surface area (Å²) in [5, 5.41) is 20.2. The van der Waals surface area contributed by atoms with Gasteiger partial charge in [-0.2, -0.15) is 0 Å². The van der Waals surface area contributed by atoms with Crippen LogP contribution in [0.1, 0.15) is 34.0 Å². The zero-order valence-electron chi connectivity index (χ0n) is 19.6. The van der Waals surface area contributed by atoms with E-state index in [1.807, 2.05) is 0 Å². The number of nitrogen functional groups attached to an aromatic ring is 1. The molecule has 2 aromatic carbocycles. The fourth-order valence-electron chi connectivity index (χ4n) is 2.61. The van der Waals surface area contributed by atoms with Crippen molar-refractivity contribution in [3.63, 3.8) is 0 Å². The van der Waals surface area contributed by atoms with E-state index in [1.165, 1.54) is 19.2 Å². The van der Waals surface area contributed by atoms with Crippen molar-refractivity contribution in [3.8, 4) is 11.5 Å². The smallest absolute Gasteiger partial charge is 0.300 e. The molecule has 0 unspecified atom stereocenters. The fourth-order valence-corrected chi connectivity index (χ4v) is 2.61. The van der Waals surface area contributed by atoms with E-state index in [9.17, 15) is 14.4 Å². The van der Waals surface area contributed by atoms with Crippen molar-refractivity contribution in [2.75, 3.05) is 20.3 Å². The summed E-state index contributed by atoms with van der Waals surface area (Å²) in [5.74, 6) is -1.63. The van der Waals surface area contributed by atoms with Crippen LogP contribution < -0.4 is 31.6 Å². The molecule has 2 rings (SSSR count). The first-order valence-corrected chi connectivity index (χ1v) is 10.2. The van der Waals surface area contributed by atoms with Gasteiger partial charge in [-0.3, -0.25) is 24.6 Å². The van der Waals surface area contributed by atoms with E-state index in [2.05, 4.69) is 10.6 Å². The first-order chi connectivity index (χ1) is 16.4. The number of rotatable bonds is 10. The van der Waals surface area contributed by atoms with Gasteiger partial charge in [0.2, 0.25) is 0 Å². The molecule has 0 aromatic heterocycles. The quantitative estimate of drug-likeness (QED) is 0.202. The Kier molecular flexibility index (Phi) is 11.2. The van der Waals surface area contributed by atoms with Crippen LogP contribution in [-0.2, 0) is 20.9 Å². The van der Waals surface area contributed by atoms with Crippen LogP contribution in [0.25, 0.3) is 0 Å². The first kappa shape index (κ1) is 28.4. The summed E-state index contributed by atoms with van der Waals surface area (Å²) in [7, 11) is 1.49. The third-order valence-corrected chi connectivity index (χ3v) is 4.15. The van der Waals surface area contributed by atoms with Crippen LogP contribution in [0.4, 0.5) is 0 Å². The average molecular weight is 488 g/mol. The number of carbonyl (C=O) groups excluding carboxylic acids is 3. The summed E-state index contributed by atoms with van der Waals surface area (Å²) in [6.45, 7) is 2.46. The highest BCUT2D eigenvalue weighted by molar-refractivity contribution is 5.96. The third-order valence-electron chi connectivity index (χ3n) is 4.15. The van der Waals surface area contributed by atoms with Crippen molar-refractivity contribution in [2.24, 2.45) is 11.5 Å². The van der Waals surface area contributed by atoms with Crippen molar-refractivity contribution >= 4 is 29.5 Å². The van der Waals surface area contributed by atoms with Gasteiger partial charge >= 0.3 is 0 Å². The number of carbonyl (C=O) groups is 4. The number of carboxylic acid groups (broad SMARTS) is 1. The molecule has 0 radical (unpaired) electrons. The molecule has 0 atom stereocenters. The molecule has 0 fully saturated rings. The molecule has 0 heterocycles. The lowest BCUT2D eigenvalue weighted by molar-refractivity contribution is -0.134. The normalized spacial score (nSPS) is 9.69. The summed E-state index contributed by atoms with van der Waals surface area (Å²) in [5.41, 5.74) is 12.7. The average Bonchev–Trinajstić information content (AvgIpc) is 2.78. The number of aryl methyl sites for hydroxylation is 1. The van der Waals surface area contributed by atoms with Crippen LogP contribution in [-0.4, -0.2) is 54.9 Å². The number of nitrogens with one attached hydrogen (secondary N) is 3. The van der Waals surface area contributed by atoms with Crippen LogP contribution in [0.2, 0.25) is 0 Å². The van der Waals surface area contributed by atoms with Gasteiger partial charge in [0.15, 0.2) is 13.2 Å². The van der Waals surface area contributed by atoms with E-state index in [4.69, 9.17) is 36.3 Å². The van der Waals surface area contributed by atoms with Gasteiger partial charge in [0.1, 0.15) is 17.3 Å². The molecule has 3 amide bonds. The Hall–Kier alpha value is -4.61. The van der Waals surface area contributed by atoms with E-state index in [0.29, 0.717) is 28.2 Å². The van der Waals surface area contributed by atoms with Gasteiger partial charge in [-0.1, -0.05) is 12.1 Å². The summed E-state index contributed by atoms with van der Waals surface area (Å²) in [4.78, 5) is 44.1. The van der Waals surface area contributed by atoms with Gasteiger partial charge in [0, 0.05) is 37.2 Å². The number of likely N-dealkylation sites (N-methyl/N-ethyl adjacent to an activating group) is 1. The van der Waals surface area contributed by atoms with Crippen LogP contribution in [0.15, 0.2) is 36.4 Å². The summed E-state index contributed by atoms with van der Waals surface area (Å²) in [6, 6.07) is 9.69. The van der Waals surface area contributed by atoms with Crippen molar-refractivity contribution in [1.29, 1.82) is 5.41 Å². The maximum atomic E-state index is 12.6. The van der Waals surface area contributed by atoms with Gasteiger partial charge < -0.3 is 36.7 Å². The number of hydrogen-bond donors (Lipinski definition) is 6. The van der Waals surface area contributed by atoms with Crippen LogP contribution in [0.3, 0.4) is 0 Å².